The van der Waals surface area contributed by atoms with E-state index < -0.39 is 0 Å². The Labute approximate surface area is 90.1 Å². The molecule has 0 saturated carbocycles. The summed E-state index contributed by atoms with van der Waals surface area (Å²) in [6, 6.07) is 0. The number of unbranched alkanes of at least 4 members (excludes halogenated alkanes) is 1. The van der Waals surface area contributed by atoms with Crippen LogP contribution in [0.4, 0.5) is 0 Å². The highest BCUT2D eigenvalue weighted by Crippen LogP contribution is 2.15. The first kappa shape index (κ1) is 13.5. The molecule has 0 rings (SSSR count). The van der Waals surface area contributed by atoms with Gasteiger partial charge in [-0.15, -0.1) is 6.58 Å². The molecule has 0 aromatic rings. The van der Waals surface area contributed by atoms with E-state index >= 15 is 0 Å². The summed E-state index contributed by atoms with van der Waals surface area (Å²) in [4.78, 5) is 0. The summed E-state index contributed by atoms with van der Waals surface area (Å²) in [6.45, 7) is 10.6. The Balaban J connectivity index is 3.47. The highest BCUT2D eigenvalue weighted by atomic mass is 14.0. The first-order valence-electron chi connectivity index (χ1n) is 5.97. The van der Waals surface area contributed by atoms with Crippen LogP contribution in [0.25, 0.3) is 0 Å². The van der Waals surface area contributed by atoms with Gasteiger partial charge in [-0.2, -0.15) is 0 Å². The molecule has 1 unspecified atom stereocenters. The molecule has 0 N–H and O–H groups in total. The van der Waals surface area contributed by atoms with Crippen molar-refractivity contribution in [3.63, 3.8) is 0 Å². The van der Waals surface area contributed by atoms with Crippen LogP contribution >= 0.6 is 0 Å². The van der Waals surface area contributed by atoms with Crippen molar-refractivity contribution in [2.45, 2.75) is 59.3 Å². The summed E-state index contributed by atoms with van der Waals surface area (Å²) in [5, 5.41) is 0. The first-order chi connectivity index (χ1) is 6.70. The zero-order valence-electron chi connectivity index (χ0n) is 10.2. The molecule has 0 radical (unpaired) electrons. The smallest absolute Gasteiger partial charge is 0.0314 e. The minimum absolute atomic E-state index is 0.899. The van der Waals surface area contributed by atoms with Crippen molar-refractivity contribution < 1.29 is 0 Å². The molecule has 0 aliphatic rings. The lowest BCUT2D eigenvalue weighted by atomic mass is 9.99. The van der Waals surface area contributed by atoms with Gasteiger partial charge in [0.25, 0.3) is 0 Å². The van der Waals surface area contributed by atoms with E-state index in [1.807, 2.05) is 6.08 Å². The second-order valence-corrected chi connectivity index (χ2v) is 4.32. The van der Waals surface area contributed by atoms with E-state index in [1.54, 1.807) is 5.57 Å². The molecule has 0 heterocycles. The fourth-order valence-electron chi connectivity index (χ4n) is 1.48. The Bertz CT molecular complexity index is 165. The topological polar surface area (TPSA) is 0 Å². The van der Waals surface area contributed by atoms with Crippen molar-refractivity contribution in [2.75, 3.05) is 0 Å². The van der Waals surface area contributed by atoms with E-state index in [2.05, 4.69) is 33.4 Å². The molecule has 0 saturated heterocycles. The third-order valence-corrected chi connectivity index (χ3v) is 2.83. The van der Waals surface area contributed by atoms with Gasteiger partial charge >= 0.3 is 0 Å². The highest BCUT2D eigenvalue weighted by Gasteiger charge is 1.98. The van der Waals surface area contributed by atoms with Gasteiger partial charge in [0.05, 0.1) is 0 Å². The molecular weight excluding hydrogens is 168 g/mol. The van der Waals surface area contributed by atoms with E-state index in [1.165, 1.54) is 32.1 Å². The largest absolute Gasteiger partial charge is 0.103 e. The lowest BCUT2D eigenvalue weighted by Crippen LogP contribution is -1.91. The van der Waals surface area contributed by atoms with E-state index in [-0.39, 0.29) is 0 Å². The average Bonchev–Trinajstić information content (AvgIpc) is 2.18. The lowest BCUT2D eigenvalue weighted by molar-refractivity contribution is 0.495. The molecule has 1 atom stereocenters. The van der Waals surface area contributed by atoms with Crippen molar-refractivity contribution in [2.24, 2.45) is 5.92 Å². The minimum atomic E-state index is 0.899. The summed E-state index contributed by atoms with van der Waals surface area (Å²) in [7, 11) is 0. The molecule has 0 spiro atoms. The molecule has 0 bridgehead atoms. The van der Waals surface area contributed by atoms with E-state index in [0.29, 0.717) is 0 Å². The molecule has 0 aromatic heterocycles. The number of rotatable bonds is 8. The maximum atomic E-state index is 3.72. The Morgan fingerprint density at radius 2 is 2.07 bits per heavy atom. The van der Waals surface area contributed by atoms with Crippen molar-refractivity contribution in [1.29, 1.82) is 0 Å². The Hall–Kier alpha value is -0.520. The third kappa shape index (κ3) is 8.10. The highest BCUT2D eigenvalue weighted by molar-refractivity contribution is 4.98. The molecule has 0 heteroatoms. The van der Waals surface area contributed by atoms with Crippen LogP contribution in [0.3, 0.4) is 0 Å². The summed E-state index contributed by atoms with van der Waals surface area (Å²) in [5.41, 5.74) is 1.55. The number of hydrogen-bond acceptors (Lipinski definition) is 0. The van der Waals surface area contributed by atoms with Crippen LogP contribution in [0.2, 0.25) is 0 Å². The van der Waals surface area contributed by atoms with Crippen LogP contribution in [0.5, 0.6) is 0 Å². The van der Waals surface area contributed by atoms with E-state index in [4.69, 9.17) is 0 Å². The maximum absolute atomic E-state index is 3.72. The summed E-state index contributed by atoms with van der Waals surface area (Å²) in [6.07, 6.45) is 12.0. The standard InChI is InChI=1S/C14H26/c1-5-7-8-10-14(4)12-9-11-13(3)6-2/h5,10,13H,1,6-9,11-12H2,2-4H3. The van der Waals surface area contributed by atoms with E-state index in [9.17, 15) is 0 Å². The van der Waals surface area contributed by atoms with Gasteiger partial charge in [0, 0.05) is 0 Å². The van der Waals surface area contributed by atoms with Gasteiger partial charge in [-0.25, -0.2) is 0 Å². The van der Waals surface area contributed by atoms with E-state index in [0.717, 1.165) is 12.3 Å². The fourth-order valence-corrected chi connectivity index (χ4v) is 1.48. The summed E-state index contributed by atoms with van der Waals surface area (Å²) < 4.78 is 0. The predicted molar refractivity (Wildman–Crippen MR) is 66.5 cm³/mol. The van der Waals surface area contributed by atoms with Crippen molar-refractivity contribution in [1.82, 2.24) is 0 Å². The van der Waals surface area contributed by atoms with Gasteiger partial charge in [-0.3, -0.25) is 0 Å². The van der Waals surface area contributed by atoms with Crippen LogP contribution < -0.4 is 0 Å². The molecular formula is C14H26. The van der Waals surface area contributed by atoms with Crippen LogP contribution in [0.15, 0.2) is 24.3 Å². The summed E-state index contributed by atoms with van der Waals surface area (Å²) >= 11 is 0. The summed E-state index contributed by atoms with van der Waals surface area (Å²) in [5.74, 6) is 0.899. The SMILES string of the molecule is C=CCCC=C(C)CCCC(C)CC. The van der Waals surface area contributed by atoms with Gasteiger partial charge in [0.15, 0.2) is 0 Å². The van der Waals surface area contributed by atoms with Crippen LogP contribution in [0, 0.1) is 5.92 Å². The molecule has 0 aromatic carbocycles. The van der Waals surface area contributed by atoms with Crippen molar-refractivity contribution in [3.8, 4) is 0 Å². The second kappa shape index (κ2) is 9.05. The number of hydrogen-bond donors (Lipinski definition) is 0. The monoisotopic (exact) mass is 194 g/mol. The number of allylic oxidation sites excluding steroid dienone is 3. The van der Waals surface area contributed by atoms with Crippen LogP contribution in [-0.2, 0) is 0 Å². The lowest BCUT2D eigenvalue weighted by Gasteiger charge is -2.07. The molecule has 0 aliphatic heterocycles. The first-order valence-corrected chi connectivity index (χ1v) is 5.97. The Morgan fingerprint density at radius 3 is 2.64 bits per heavy atom. The predicted octanol–water partition coefficient (Wildman–Crippen LogP) is 5.12. The maximum Gasteiger partial charge on any atom is -0.0314 e. The van der Waals surface area contributed by atoms with Crippen molar-refractivity contribution in [3.05, 3.63) is 24.3 Å². The molecule has 82 valence electrons. The zero-order chi connectivity index (χ0) is 10.8. The quantitative estimate of drug-likeness (QED) is 0.372. The fraction of sp³-hybridized carbons (Fsp3) is 0.714. The molecule has 14 heavy (non-hydrogen) atoms. The molecule has 0 amide bonds. The van der Waals surface area contributed by atoms with Crippen LogP contribution in [-0.4, -0.2) is 0 Å². The molecule has 0 aliphatic carbocycles. The Morgan fingerprint density at radius 1 is 1.36 bits per heavy atom. The minimum Gasteiger partial charge on any atom is -0.103 e. The van der Waals surface area contributed by atoms with Crippen molar-refractivity contribution >= 4 is 0 Å². The molecule has 0 fully saturated rings. The Kier molecular flexibility index (Phi) is 8.72. The third-order valence-electron chi connectivity index (χ3n) is 2.83. The van der Waals surface area contributed by atoms with Crippen LogP contribution in [0.1, 0.15) is 59.3 Å². The average molecular weight is 194 g/mol. The second-order valence-electron chi connectivity index (χ2n) is 4.32. The van der Waals surface area contributed by atoms with Gasteiger partial charge in [0.2, 0.25) is 0 Å². The van der Waals surface area contributed by atoms with Gasteiger partial charge in [-0.1, -0.05) is 44.4 Å². The van der Waals surface area contributed by atoms with Gasteiger partial charge in [-0.05, 0) is 38.5 Å². The molecule has 0 nitrogen and oxygen atoms in total. The normalized spacial score (nSPS) is 14.1. The van der Waals surface area contributed by atoms with Gasteiger partial charge in [0.1, 0.15) is 0 Å². The van der Waals surface area contributed by atoms with Gasteiger partial charge < -0.3 is 0 Å². The zero-order valence-corrected chi connectivity index (χ0v) is 10.2.